The Morgan fingerprint density at radius 3 is 2.68 bits per heavy atom. The van der Waals surface area contributed by atoms with Gasteiger partial charge in [-0.25, -0.2) is 0 Å². The number of aromatic hydroxyl groups is 1. The number of aromatic nitrogens is 1. The van der Waals surface area contributed by atoms with Crippen molar-refractivity contribution in [1.82, 2.24) is 10.3 Å². The average Bonchev–Trinajstić information content (AvgIpc) is 2.61. The second-order valence-electron chi connectivity index (χ2n) is 7.63. The van der Waals surface area contributed by atoms with Gasteiger partial charge in [-0.3, -0.25) is 9.78 Å². The third-order valence-electron chi connectivity index (χ3n) is 4.47. The summed E-state index contributed by atoms with van der Waals surface area (Å²) in [5.74, 6) is 0.437. The highest BCUT2D eigenvalue weighted by molar-refractivity contribution is 5.96. The van der Waals surface area contributed by atoms with E-state index in [2.05, 4.69) is 10.3 Å². The second-order valence-corrected chi connectivity index (χ2v) is 7.63. The van der Waals surface area contributed by atoms with Crippen molar-refractivity contribution >= 4 is 22.5 Å². The molecule has 0 radical (unpaired) electrons. The van der Waals surface area contributed by atoms with E-state index in [1.807, 2.05) is 45.0 Å². The molecule has 146 valence electrons. The molecule has 6 heteroatoms. The molecule has 0 atom stereocenters. The number of nitrogen functional groups attached to an aromatic ring is 1. The number of phenolic OH excluding ortho intramolecular Hbond substituents is 1. The zero-order valence-corrected chi connectivity index (χ0v) is 16.5. The number of aryl methyl sites for hydroxylation is 2. The van der Waals surface area contributed by atoms with Gasteiger partial charge in [0.15, 0.2) is 0 Å². The number of carbonyl (C=O) groups excluding carboxylic acids is 1. The van der Waals surface area contributed by atoms with Gasteiger partial charge in [0.25, 0.3) is 5.91 Å². The summed E-state index contributed by atoms with van der Waals surface area (Å²) in [4.78, 5) is 17.0. The summed E-state index contributed by atoms with van der Waals surface area (Å²) in [7, 11) is 0. The third kappa shape index (κ3) is 4.17. The molecule has 3 aromatic rings. The van der Waals surface area contributed by atoms with Crippen molar-refractivity contribution in [3.63, 3.8) is 0 Å². The van der Waals surface area contributed by atoms with Gasteiger partial charge in [-0.15, -0.1) is 0 Å². The van der Waals surface area contributed by atoms with Gasteiger partial charge < -0.3 is 20.9 Å². The van der Waals surface area contributed by atoms with Gasteiger partial charge in [0.05, 0.1) is 16.4 Å². The molecule has 0 spiro atoms. The fourth-order valence-electron chi connectivity index (χ4n) is 2.97. The molecular weight excluding hydrogens is 354 g/mol. The molecule has 1 heterocycles. The van der Waals surface area contributed by atoms with E-state index in [9.17, 15) is 9.90 Å². The maximum Gasteiger partial charge on any atom is 0.251 e. The molecule has 6 nitrogen and oxygen atoms in total. The number of hydrogen-bond donors (Lipinski definition) is 3. The number of nitrogens with one attached hydrogen (secondary N) is 1. The van der Waals surface area contributed by atoms with Crippen LogP contribution < -0.4 is 15.8 Å². The van der Waals surface area contributed by atoms with Crippen molar-refractivity contribution < 1.29 is 14.6 Å². The Hall–Kier alpha value is -3.28. The SMILES string of the molecule is Cc1cc(N)c2c(OCC(C)(C)NC(=O)c3ccc(C)c(O)c3)cccc2n1. The number of carbonyl (C=O) groups is 1. The first-order valence-corrected chi connectivity index (χ1v) is 9.07. The van der Waals surface area contributed by atoms with Crippen molar-refractivity contribution in [3.8, 4) is 11.5 Å². The van der Waals surface area contributed by atoms with Crippen LogP contribution in [0.5, 0.6) is 11.5 Å². The van der Waals surface area contributed by atoms with Crippen LogP contribution in [0.4, 0.5) is 5.69 Å². The molecule has 0 unspecified atom stereocenters. The molecule has 0 aliphatic heterocycles. The van der Waals surface area contributed by atoms with Gasteiger partial charge in [-0.1, -0.05) is 12.1 Å². The van der Waals surface area contributed by atoms with Gasteiger partial charge in [0.1, 0.15) is 18.1 Å². The number of fused-ring (bicyclic) bond motifs is 1. The lowest BCUT2D eigenvalue weighted by molar-refractivity contribution is 0.0881. The Morgan fingerprint density at radius 2 is 1.96 bits per heavy atom. The predicted molar refractivity (Wildman–Crippen MR) is 111 cm³/mol. The number of amides is 1. The molecule has 0 saturated carbocycles. The summed E-state index contributed by atoms with van der Waals surface area (Å²) in [6, 6.07) is 12.3. The molecule has 0 aliphatic carbocycles. The highest BCUT2D eigenvalue weighted by atomic mass is 16.5. The fourth-order valence-corrected chi connectivity index (χ4v) is 2.97. The molecule has 1 amide bonds. The number of nitrogens with zero attached hydrogens (tertiary/aromatic N) is 1. The minimum Gasteiger partial charge on any atom is -0.508 e. The van der Waals surface area contributed by atoms with Crippen LogP contribution in [-0.2, 0) is 0 Å². The minimum absolute atomic E-state index is 0.0933. The lowest BCUT2D eigenvalue weighted by atomic mass is 10.0. The molecule has 1 aromatic heterocycles. The molecule has 0 bridgehead atoms. The monoisotopic (exact) mass is 379 g/mol. The van der Waals surface area contributed by atoms with E-state index in [1.54, 1.807) is 19.1 Å². The number of anilines is 1. The van der Waals surface area contributed by atoms with Crippen LogP contribution in [0.3, 0.4) is 0 Å². The van der Waals surface area contributed by atoms with Gasteiger partial charge >= 0.3 is 0 Å². The fraction of sp³-hybridized carbons (Fsp3) is 0.273. The standard InChI is InChI=1S/C22H25N3O3/c1-13-8-9-15(11-18(13)26)21(27)25-22(3,4)12-28-19-7-5-6-17-20(19)16(23)10-14(2)24-17/h5-11,26H,12H2,1-4H3,(H2,23,24)(H,25,27). The normalized spacial score (nSPS) is 11.4. The summed E-state index contributed by atoms with van der Waals surface area (Å²) in [6.45, 7) is 7.65. The molecule has 0 saturated heterocycles. The molecule has 28 heavy (non-hydrogen) atoms. The van der Waals surface area contributed by atoms with Crippen LogP contribution in [0.2, 0.25) is 0 Å². The smallest absolute Gasteiger partial charge is 0.251 e. The van der Waals surface area contributed by atoms with E-state index in [-0.39, 0.29) is 18.3 Å². The first-order valence-electron chi connectivity index (χ1n) is 9.07. The quantitative estimate of drug-likeness (QED) is 0.628. The molecule has 3 rings (SSSR count). The maximum absolute atomic E-state index is 12.5. The van der Waals surface area contributed by atoms with Crippen LogP contribution in [0, 0.1) is 13.8 Å². The van der Waals surface area contributed by atoms with Gasteiger partial charge in [0, 0.05) is 16.9 Å². The van der Waals surface area contributed by atoms with Crippen molar-refractivity contribution in [2.75, 3.05) is 12.3 Å². The summed E-state index contributed by atoms with van der Waals surface area (Å²) < 4.78 is 6.00. The van der Waals surface area contributed by atoms with Crippen LogP contribution in [-0.4, -0.2) is 28.1 Å². The van der Waals surface area contributed by atoms with Crippen LogP contribution in [0.15, 0.2) is 42.5 Å². The average molecular weight is 379 g/mol. The van der Waals surface area contributed by atoms with Crippen molar-refractivity contribution in [1.29, 1.82) is 0 Å². The van der Waals surface area contributed by atoms with E-state index in [1.165, 1.54) is 6.07 Å². The number of hydrogen-bond acceptors (Lipinski definition) is 5. The van der Waals surface area contributed by atoms with E-state index >= 15 is 0 Å². The summed E-state index contributed by atoms with van der Waals surface area (Å²) in [5.41, 5.74) is 8.85. The summed E-state index contributed by atoms with van der Waals surface area (Å²) >= 11 is 0. The largest absolute Gasteiger partial charge is 0.508 e. The number of nitrogens with two attached hydrogens (primary N) is 1. The van der Waals surface area contributed by atoms with Crippen LogP contribution >= 0.6 is 0 Å². The van der Waals surface area contributed by atoms with Gasteiger partial charge in [-0.2, -0.15) is 0 Å². The molecule has 0 aliphatic rings. The highest BCUT2D eigenvalue weighted by Gasteiger charge is 2.23. The lowest BCUT2D eigenvalue weighted by Crippen LogP contribution is -2.47. The van der Waals surface area contributed by atoms with Gasteiger partial charge in [0.2, 0.25) is 0 Å². The second kappa shape index (κ2) is 7.38. The van der Waals surface area contributed by atoms with E-state index in [0.717, 1.165) is 22.2 Å². The Labute approximate surface area is 164 Å². The van der Waals surface area contributed by atoms with Crippen LogP contribution in [0.25, 0.3) is 10.9 Å². The Morgan fingerprint density at radius 1 is 1.21 bits per heavy atom. The molecular formula is C22H25N3O3. The number of ether oxygens (including phenoxy) is 1. The summed E-state index contributed by atoms with van der Waals surface area (Å²) in [6.07, 6.45) is 0. The molecule has 2 aromatic carbocycles. The number of pyridine rings is 1. The zero-order valence-electron chi connectivity index (χ0n) is 16.5. The zero-order chi connectivity index (χ0) is 20.5. The van der Waals surface area contributed by atoms with E-state index in [0.29, 0.717) is 17.0 Å². The number of benzene rings is 2. The first kappa shape index (κ1) is 19.5. The minimum atomic E-state index is -0.646. The maximum atomic E-state index is 12.5. The number of rotatable bonds is 5. The number of phenols is 1. The van der Waals surface area contributed by atoms with Crippen LogP contribution in [0.1, 0.15) is 35.5 Å². The lowest BCUT2D eigenvalue weighted by Gasteiger charge is -2.27. The Balaban J connectivity index is 1.75. The van der Waals surface area contributed by atoms with Gasteiger partial charge in [-0.05, 0) is 63.6 Å². The van der Waals surface area contributed by atoms with Crippen molar-refractivity contribution in [2.24, 2.45) is 0 Å². The van der Waals surface area contributed by atoms with Crippen molar-refractivity contribution in [3.05, 3.63) is 59.3 Å². The molecule has 4 N–H and O–H groups in total. The first-order chi connectivity index (χ1) is 13.2. The summed E-state index contributed by atoms with van der Waals surface area (Å²) in [5, 5.41) is 13.5. The predicted octanol–water partition coefficient (Wildman–Crippen LogP) is 3.73. The van der Waals surface area contributed by atoms with E-state index in [4.69, 9.17) is 10.5 Å². The molecule has 0 fully saturated rings. The highest BCUT2D eigenvalue weighted by Crippen LogP contribution is 2.30. The third-order valence-corrected chi connectivity index (χ3v) is 4.47. The van der Waals surface area contributed by atoms with Crippen molar-refractivity contribution in [2.45, 2.75) is 33.2 Å². The Kier molecular flexibility index (Phi) is 5.14. The topological polar surface area (TPSA) is 97.5 Å². The van der Waals surface area contributed by atoms with E-state index < -0.39 is 5.54 Å². The Bertz CT molecular complexity index is 1040.